The van der Waals surface area contributed by atoms with E-state index in [4.69, 9.17) is 10.5 Å². The number of aromatic nitrogens is 1. The van der Waals surface area contributed by atoms with Crippen LogP contribution in [0.1, 0.15) is 5.56 Å². The molecule has 4 heteroatoms. The molecule has 0 fully saturated rings. The number of halogens is 1. The lowest BCUT2D eigenvalue weighted by Gasteiger charge is -2.05. The van der Waals surface area contributed by atoms with Gasteiger partial charge in [0, 0.05) is 4.47 Å². The summed E-state index contributed by atoms with van der Waals surface area (Å²) < 4.78 is 6.61. The zero-order valence-corrected chi connectivity index (χ0v) is 10.1. The Labute approximate surface area is 102 Å². The van der Waals surface area contributed by atoms with E-state index in [1.54, 1.807) is 18.3 Å². The van der Waals surface area contributed by atoms with Crippen molar-refractivity contribution >= 4 is 21.7 Å². The number of benzene rings is 1. The predicted octanol–water partition coefficient (Wildman–Crippen LogP) is 3.01. The minimum atomic E-state index is 0.496. The summed E-state index contributed by atoms with van der Waals surface area (Å²) in [6, 6.07) is 11.5. The maximum atomic E-state index is 5.55. The summed E-state index contributed by atoms with van der Waals surface area (Å²) in [4.78, 5) is 3.95. The minimum Gasteiger partial charge on any atom is -0.487 e. The first-order valence-corrected chi connectivity index (χ1v) is 5.62. The average Bonchev–Trinajstić information content (AvgIpc) is 2.30. The maximum absolute atomic E-state index is 5.55. The van der Waals surface area contributed by atoms with Crippen molar-refractivity contribution in [1.29, 1.82) is 0 Å². The van der Waals surface area contributed by atoms with Crippen molar-refractivity contribution in [3.8, 4) is 5.75 Å². The molecule has 0 radical (unpaired) electrons. The van der Waals surface area contributed by atoms with Gasteiger partial charge in [-0.2, -0.15) is 0 Å². The van der Waals surface area contributed by atoms with E-state index in [0.717, 1.165) is 15.8 Å². The number of rotatable bonds is 3. The van der Waals surface area contributed by atoms with Crippen molar-refractivity contribution in [1.82, 2.24) is 4.98 Å². The molecular formula is C12H11BrN2O. The molecule has 16 heavy (non-hydrogen) atoms. The second kappa shape index (κ2) is 4.99. The second-order valence-corrected chi connectivity index (χ2v) is 4.25. The van der Waals surface area contributed by atoms with Crippen LogP contribution in [0.15, 0.2) is 47.1 Å². The number of anilines is 1. The molecule has 1 heterocycles. The summed E-state index contributed by atoms with van der Waals surface area (Å²) in [5.74, 6) is 1.22. The minimum absolute atomic E-state index is 0.496. The molecule has 2 rings (SSSR count). The molecule has 1 aromatic heterocycles. The van der Waals surface area contributed by atoms with Crippen LogP contribution in [0.5, 0.6) is 5.75 Å². The van der Waals surface area contributed by atoms with Crippen LogP contribution < -0.4 is 10.5 Å². The quantitative estimate of drug-likeness (QED) is 0.939. The van der Waals surface area contributed by atoms with Gasteiger partial charge in [-0.3, -0.25) is 0 Å². The van der Waals surface area contributed by atoms with E-state index >= 15 is 0 Å². The molecule has 0 bridgehead atoms. The zero-order valence-electron chi connectivity index (χ0n) is 8.56. The number of hydrogen-bond donors (Lipinski definition) is 1. The number of hydrogen-bond acceptors (Lipinski definition) is 3. The fraction of sp³-hybridized carbons (Fsp3) is 0.0833. The lowest BCUT2D eigenvalue weighted by molar-refractivity contribution is 0.305. The highest BCUT2D eigenvalue weighted by molar-refractivity contribution is 9.10. The molecule has 0 saturated carbocycles. The van der Waals surface area contributed by atoms with Crippen molar-refractivity contribution < 1.29 is 4.74 Å². The molecule has 2 aromatic rings. The first-order chi connectivity index (χ1) is 7.74. The molecule has 0 atom stereocenters. The van der Waals surface area contributed by atoms with E-state index in [0.29, 0.717) is 12.4 Å². The van der Waals surface area contributed by atoms with Crippen LogP contribution >= 0.6 is 15.9 Å². The van der Waals surface area contributed by atoms with E-state index in [9.17, 15) is 0 Å². The first kappa shape index (κ1) is 11.0. The van der Waals surface area contributed by atoms with Crippen LogP contribution in [-0.4, -0.2) is 4.98 Å². The van der Waals surface area contributed by atoms with Gasteiger partial charge in [0.25, 0.3) is 0 Å². The van der Waals surface area contributed by atoms with Crippen molar-refractivity contribution in [2.24, 2.45) is 0 Å². The molecule has 3 nitrogen and oxygen atoms in total. The van der Waals surface area contributed by atoms with E-state index in [-0.39, 0.29) is 0 Å². The van der Waals surface area contributed by atoms with Gasteiger partial charge in [0.05, 0.1) is 6.20 Å². The van der Waals surface area contributed by atoms with Crippen LogP contribution in [0, 0.1) is 0 Å². The highest BCUT2D eigenvalue weighted by Gasteiger charge is 1.96. The van der Waals surface area contributed by atoms with E-state index in [2.05, 4.69) is 20.9 Å². The van der Waals surface area contributed by atoms with Gasteiger partial charge in [-0.25, -0.2) is 4.98 Å². The summed E-state index contributed by atoms with van der Waals surface area (Å²) in [7, 11) is 0. The number of nitrogens with two attached hydrogens (primary N) is 1. The van der Waals surface area contributed by atoms with E-state index in [1.807, 2.05) is 24.3 Å². The van der Waals surface area contributed by atoms with Gasteiger partial charge in [-0.1, -0.05) is 28.1 Å². The van der Waals surface area contributed by atoms with Gasteiger partial charge < -0.3 is 10.5 Å². The zero-order chi connectivity index (χ0) is 11.4. The van der Waals surface area contributed by atoms with Crippen LogP contribution in [0.3, 0.4) is 0 Å². The largest absolute Gasteiger partial charge is 0.487 e. The molecule has 0 aliphatic heterocycles. The summed E-state index contributed by atoms with van der Waals surface area (Å²) in [5.41, 5.74) is 6.59. The topological polar surface area (TPSA) is 48.1 Å². The Bertz CT molecular complexity index is 408. The summed E-state index contributed by atoms with van der Waals surface area (Å²) in [5, 5.41) is 0. The third-order valence-corrected chi connectivity index (χ3v) is 2.61. The molecule has 1 aromatic carbocycles. The number of nitrogens with zero attached hydrogens (tertiary/aromatic N) is 1. The first-order valence-electron chi connectivity index (χ1n) is 4.83. The van der Waals surface area contributed by atoms with Gasteiger partial charge in [-0.05, 0) is 29.8 Å². The normalized spacial score (nSPS) is 10.1. The van der Waals surface area contributed by atoms with Crippen molar-refractivity contribution in [2.75, 3.05) is 5.73 Å². The van der Waals surface area contributed by atoms with Crippen LogP contribution in [0.25, 0.3) is 0 Å². The lowest BCUT2D eigenvalue weighted by Crippen LogP contribution is -1.96. The number of pyridine rings is 1. The monoisotopic (exact) mass is 278 g/mol. The van der Waals surface area contributed by atoms with Gasteiger partial charge >= 0.3 is 0 Å². The van der Waals surface area contributed by atoms with Gasteiger partial charge in [0.2, 0.25) is 0 Å². The predicted molar refractivity (Wildman–Crippen MR) is 67.1 cm³/mol. The van der Waals surface area contributed by atoms with Crippen LogP contribution in [-0.2, 0) is 6.61 Å². The number of nitrogen functional groups attached to an aromatic ring is 1. The number of ether oxygens (including phenoxy) is 1. The summed E-state index contributed by atoms with van der Waals surface area (Å²) >= 11 is 3.38. The SMILES string of the molecule is Nc1ccc(OCc2ccc(Br)cc2)cn1. The molecule has 2 N–H and O–H groups in total. The molecular weight excluding hydrogens is 268 g/mol. The standard InChI is InChI=1S/C12H11BrN2O/c13-10-3-1-9(2-4-10)8-16-11-5-6-12(14)15-7-11/h1-7H,8H2,(H2,14,15). The highest BCUT2D eigenvalue weighted by atomic mass is 79.9. The Balaban J connectivity index is 1.97. The van der Waals surface area contributed by atoms with E-state index < -0.39 is 0 Å². The van der Waals surface area contributed by atoms with Crippen molar-refractivity contribution in [3.05, 3.63) is 52.6 Å². The Morgan fingerprint density at radius 2 is 1.88 bits per heavy atom. The van der Waals surface area contributed by atoms with E-state index in [1.165, 1.54) is 0 Å². The molecule has 0 aliphatic carbocycles. The lowest BCUT2D eigenvalue weighted by atomic mass is 10.2. The maximum Gasteiger partial charge on any atom is 0.138 e. The van der Waals surface area contributed by atoms with Crippen LogP contribution in [0.2, 0.25) is 0 Å². The summed E-state index contributed by atoms with van der Waals surface area (Å²) in [6.45, 7) is 0.527. The molecule has 0 aliphatic rings. The van der Waals surface area contributed by atoms with Gasteiger partial charge in [-0.15, -0.1) is 0 Å². The van der Waals surface area contributed by atoms with Gasteiger partial charge in [0.1, 0.15) is 18.2 Å². The fourth-order valence-electron chi connectivity index (χ4n) is 1.22. The fourth-order valence-corrected chi connectivity index (χ4v) is 1.49. The third-order valence-electron chi connectivity index (χ3n) is 2.08. The van der Waals surface area contributed by atoms with Gasteiger partial charge in [0.15, 0.2) is 0 Å². The third kappa shape index (κ3) is 2.97. The Morgan fingerprint density at radius 3 is 2.50 bits per heavy atom. The smallest absolute Gasteiger partial charge is 0.138 e. The van der Waals surface area contributed by atoms with Crippen molar-refractivity contribution in [3.63, 3.8) is 0 Å². The second-order valence-electron chi connectivity index (χ2n) is 3.33. The Morgan fingerprint density at radius 1 is 1.12 bits per heavy atom. The molecule has 0 unspecified atom stereocenters. The summed E-state index contributed by atoms with van der Waals surface area (Å²) in [6.07, 6.45) is 1.62. The van der Waals surface area contributed by atoms with Crippen LogP contribution in [0.4, 0.5) is 5.82 Å². The Hall–Kier alpha value is -1.55. The molecule has 0 spiro atoms. The van der Waals surface area contributed by atoms with Crippen molar-refractivity contribution in [2.45, 2.75) is 6.61 Å². The molecule has 0 amide bonds. The molecule has 82 valence electrons. The highest BCUT2D eigenvalue weighted by Crippen LogP contribution is 2.14. The Kier molecular flexibility index (Phi) is 3.41. The molecule has 0 saturated heterocycles. The average molecular weight is 279 g/mol.